The molecule has 3 rings (SSSR count). The van der Waals surface area contributed by atoms with Crippen LogP contribution in [0.25, 0.3) is 0 Å². The van der Waals surface area contributed by atoms with E-state index in [-0.39, 0.29) is 18.6 Å². The van der Waals surface area contributed by atoms with Crippen LogP contribution in [-0.2, 0) is 10.6 Å². The molecule has 3 aromatic rings. The Bertz CT molecular complexity index is 1270. The highest BCUT2D eigenvalue weighted by Gasteiger charge is 2.10. The van der Waals surface area contributed by atoms with Crippen molar-refractivity contribution in [2.45, 2.75) is 17.9 Å². The Kier molecular flexibility index (Phi) is 7.96. The summed E-state index contributed by atoms with van der Waals surface area (Å²) < 4.78 is 18.6. The van der Waals surface area contributed by atoms with Gasteiger partial charge in [0.2, 0.25) is 5.95 Å². The van der Waals surface area contributed by atoms with Crippen LogP contribution in [0.2, 0.25) is 0 Å². The normalized spacial score (nSPS) is 12.1. The van der Waals surface area contributed by atoms with Gasteiger partial charge in [0.15, 0.2) is 0 Å². The molecule has 1 amide bonds. The molecule has 0 bridgehead atoms. The van der Waals surface area contributed by atoms with Crippen molar-refractivity contribution in [1.29, 1.82) is 4.78 Å². The third kappa shape index (κ3) is 6.52. The summed E-state index contributed by atoms with van der Waals surface area (Å²) in [5.41, 5.74) is 2.36. The van der Waals surface area contributed by atoms with Crippen molar-refractivity contribution in [3.05, 3.63) is 71.4 Å². The molecule has 0 spiro atoms. The van der Waals surface area contributed by atoms with Crippen molar-refractivity contribution in [1.82, 2.24) is 15.3 Å². The molecule has 33 heavy (non-hydrogen) atoms. The van der Waals surface area contributed by atoms with Gasteiger partial charge in [-0.25, -0.2) is 9.19 Å². The van der Waals surface area contributed by atoms with Gasteiger partial charge in [-0.05, 0) is 49.4 Å². The number of thiol groups is 1. The van der Waals surface area contributed by atoms with Gasteiger partial charge in [0.25, 0.3) is 5.91 Å². The van der Waals surface area contributed by atoms with Crippen molar-refractivity contribution < 1.29 is 14.1 Å². The highest BCUT2D eigenvalue weighted by Crippen LogP contribution is 2.19. The first-order valence-electron chi connectivity index (χ1n) is 10.0. The van der Waals surface area contributed by atoms with Crippen LogP contribution in [-0.4, -0.2) is 44.9 Å². The van der Waals surface area contributed by atoms with E-state index in [0.29, 0.717) is 39.0 Å². The van der Waals surface area contributed by atoms with Crippen LogP contribution >= 0.6 is 0 Å². The highest BCUT2D eigenvalue weighted by atomic mass is 32.2. The number of aliphatic hydroxyl groups excluding tert-OH is 1. The van der Waals surface area contributed by atoms with Crippen LogP contribution in [0.1, 0.15) is 28.4 Å². The van der Waals surface area contributed by atoms with Crippen LogP contribution < -0.4 is 16.0 Å². The van der Waals surface area contributed by atoms with E-state index >= 15 is 0 Å². The van der Waals surface area contributed by atoms with Gasteiger partial charge in [-0.1, -0.05) is 17.9 Å². The fraction of sp³-hybridized carbons (Fsp3) is 0.174. The average molecular weight is 465 g/mol. The van der Waals surface area contributed by atoms with Gasteiger partial charge in [0.05, 0.1) is 29.0 Å². The lowest BCUT2D eigenvalue weighted by Crippen LogP contribution is -2.21. The minimum atomic E-state index is -2.15. The third-order valence-corrected chi connectivity index (χ3v) is 5.26. The second-order valence-electron chi connectivity index (χ2n) is 7.06. The van der Waals surface area contributed by atoms with Crippen molar-refractivity contribution in [2.24, 2.45) is 0 Å². The van der Waals surface area contributed by atoms with Crippen LogP contribution in [0.5, 0.6) is 0 Å². The Morgan fingerprint density at radius 3 is 2.64 bits per heavy atom. The maximum atomic E-state index is 11.8. The molecule has 0 saturated heterocycles. The fourth-order valence-corrected chi connectivity index (χ4v) is 3.17. The largest absolute Gasteiger partial charge is 0.394 e. The molecule has 0 aliphatic rings. The van der Waals surface area contributed by atoms with Crippen molar-refractivity contribution in [3.63, 3.8) is 0 Å². The van der Waals surface area contributed by atoms with E-state index in [1.54, 1.807) is 68.7 Å². The molecule has 0 fully saturated rings. The van der Waals surface area contributed by atoms with Crippen LogP contribution in [0, 0.1) is 16.6 Å². The minimum Gasteiger partial charge on any atom is -0.394 e. The molecular weight excluding hydrogens is 440 g/mol. The Morgan fingerprint density at radius 2 is 1.97 bits per heavy atom. The topological polar surface area (TPSA) is 140 Å². The zero-order chi connectivity index (χ0) is 23.8. The molecule has 0 aliphatic heterocycles. The quantitative estimate of drug-likeness (QED) is 0.233. The Balaban J connectivity index is 1.89. The number of carbonyl (C=O) groups is 1. The standard InChI is InChI=1S/C23H24N6O3S/c1-15(14-30)27-21-18(7-6-16-4-3-5-17(12-16)22(31)25-2)13-26-23(29-21)28-19-8-10-20(11-9-19)33(24)32/h3-5,8-13,15,24,30,33H,14H2,1-2H3,(H,25,31)(H2,26,27,28,29)/t15-/m1/s1. The lowest BCUT2D eigenvalue weighted by Gasteiger charge is -2.14. The van der Waals surface area contributed by atoms with Gasteiger partial charge in [-0.3, -0.25) is 9.57 Å². The van der Waals surface area contributed by atoms with Crippen LogP contribution in [0.15, 0.2) is 59.6 Å². The molecule has 1 aromatic heterocycles. The number of aromatic nitrogens is 2. The van der Waals surface area contributed by atoms with E-state index in [1.165, 1.54) is 0 Å². The fourth-order valence-electron chi connectivity index (χ4n) is 2.75. The summed E-state index contributed by atoms with van der Waals surface area (Å²) >= 11 is 0. The van der Waals surface area contributed by atoms with Crippen molar-refractivity contribution in [2.75, 3.05) is 24.3 Å². The first-order chi connectivity index (χ1) is 15.9. The van der Waals surface area contributed by atoms with Gasteiger partial charge in [0, 0.05) is 34.8 Å². The molecule has 1 heterocycles. The summed E-state index contributed by atoms with van der Waals surface area (Å²) in [6.45, 7) is 1.71. The number of anilines is 3. The number of nitrogens with one attached hydrogen (secondary N) is 4. The molecule has 0 saturated carbocycles. The first kappa shape index (κ1) is 23.7. The molecule has 10 heteroatoms. The van der Waals surface area contributed by atoms with Gasteiger partial charge in [-0.15, -0.1) is 0 Å². The van der Waals surface area contributed by atoms with Crippen molar-refractivity contribution in [3.8, 4) is 11.8 Å². The maximum Gasteiger partial charge on any atom is 0.251 e. The number of hydrogen-bond donors (Lipinski definition) is 6. The second kappa shape index (κ2) is 11.1. The lowest BCUT2D eigenvalue weighted by molar-refractivity contribution is 0.0963. The van der Waals surface area contributed by atoms with E-state index in [9.17, 15) is 14.1 Å². The van der Waals surface area contributed by atoms with E-state index in [4.69, 9.17) is 4.78 Å². The second-order valence-corrected chi connectivity index (χ2v) is 8.17. The number of benzene rings is 2. The summed E-state index contributed by atoms with van der Waals surface area (Å²) in [5, 5.41) is 18.2. The minimum absolute atomic E-state index is 0.0967. The SMILES string of the molecule is CNC(=O)c1cccc(C#Cc2cnc(Nc3ccc([SH](=N)=O)cc3)nc2N[C@H](C)CO)c1. The first-order valence-corrected chi connectivity index (χ1v) is 11.3. The summed E-state index contributed by atoms with van der Waals surface area (Å²) in [6, 6.07) is 13.3. The molecule has 2 atom stereocenters. The van der Waals surface area contributed by atoms with Gasteiger partial charge < -0.3 is 21.1 Å². The number of aliphatic hydroxyl groups is 1. The summed E-state index contributed by atoms with van der Waals surface area (Å²) in [4.78, 5) is 21.1. The number of rotatable bonds is 7. The molecule has 1 unspecified atom stereocenters. The van der Waals surface area contributed by atoms with E-state index in [0.717, 1.165) is 0 Å². The lowest BCUT2D eigenvalue weighted by atomic mass is 10.1. The van der Waals surface area contributed by atoms with E-state index in [1.807, 2.05) is 0 Å². The molecule has 170 valence electrons. The van der Waals surface area contributed by atoms with Gasteiger partial charge >= 0.3 is 0 Å². The van der Waals surface area contributed by atoms with Crippen molar-refractivity contribution >= 4 is 34.0 Å². The Morgan fingerprint density at radius 1 is 1.21 bits per heavy atom. The number of amides is 1. The molecule has 2 aromatic carbocycles. The molecular formula is C23H24N6O3S. The number of nitrogens with zero attached hydrogens (tertiary/aromatic N) is 2. The molecule has 0 radical (unpaired) electrons. The number of carbonyl (C=O) groups excluding carboxylic acids is 1. The van der Waals surface area contributed by atoms with E-state index in [2.05, 4.69) is 37.8 Å². The monoisotopic (exact) mass is 464 g/mol. The summed E-state index contributed by atoms with van der Waals surface area (Å²) in [7, 11) is -0.581. The van der Waals surface area contributed by atoms with E-state index < -0.39 is 10.6 Å². The Hall–Kier alpha value is -3.94. The zero-order valence-corrected chi connectivity index (χ0v) is 19.0. The summed E-state index contributed by atoms with van der Waals surface area (Å²) in [6.07, 6.45) is 1.56. The molecule has 9 nitrogen and oxygen atoms in total. The summed E-state index contributed by atoms with van der Waals surface area (Å²) in [5.74, 6) is 6.59. The predicted octanol–water partition coefficient (Wildman–Crippen LogP) is 2.37. The zero-order valence-electron chi connectivity index (χ0n) is 18.1. The maximum absolute atomic E-state index is 11.8. The number of hydrogen-bond acceptors (Lipinski definition) is 8. The highest BCUT2D eigenvalue weighted by molar-refractivity contribution is 7.73. The Labute approximate surface area is 193 Å². The smallest absolute Gasteiger partial charge is 0.251 e. The average Bonchev–Trinajstić information content (AvgIpc) is 2.83. The third-order valence-electron chi connectivity index (χ3n) is 4.50. The van der Waals surface area contributed by atoms with Gasteiger partial charge in [-0.2, -0.15) is 4.98 Å². The molecule has 0 aliphatic carbocycles. The van der Waals surface area contributed by atoms with Crippen LogP contribution in [0.3, 0.4) is 0 Å². The van der Waals surface area contributed by atoms with Gasteiger partial charge in [0.1, 0.15) is 5.82 Å². The molecule has 5 N–H and O–H groups in total. The van der Waals surface area contributed by atoms with Crippen LogP contribution in [0.4, 0.5) is 17.5 Å². The predicted molar refractivity (Wildman–Crippen MR) is 128 cm³/mol.